The van der Waals surface area contributed by atoms with Crippen molar-refractivity contribution in [2.75, 3.05) is 61.6 Å². The zero-order chi connectivity index (χ0) is 22.4. The van der Waals surface area contributed by atoms with E-state index in [1.165, 1.54) is 5.69 Å². The van der Waals surface area contributed by atoms with Crippen molar-refractivity contribution in [3.05, 3.63) is 67.3 Å². The average Bonchev–Trinajstić information content (AvgIpc) is 3.22. The molecule has 166 valence electrons. The summed E-state index contributed by atoms with van der Waals surface area (Å²) >= 11 is 0. The largest absolute Gasteiger partial charge is 0.354 e. The first-order valence-corrected chi connectivity index (χ1v) is 11.4. The maximum absolute atomic E-state index is 4.84. The van der Waals surface area contributed by atoms with E-state index in [1.54, 1.807) is 6.20 Å². The molecule has 0 amide bonds. The topological polar surface area (TPSA) is 51.6 Å². The number of hydrogen-bond donors (Lipinski definition) is 0. The maximum atomic E-state index is 4.84. The molecule has 7 nitrogen and oxygen atoms in total. The van der Waals surface area contributed by atoms with Crippen molar-refractivity contribution >= 4 is 33.8 Å². The third-order valence-corrected chi connectivity index (χ3v) is 6.72. The van der Waals surface area contributed by atoms with E-state index in [2.05, 4.69) is 75.1 Å². The van der Waals surface area contributed by atoms with Crippen molar-refractivity contribution in [1.29, 1.82) is 0 Å². The van der Waals surface area contributed by atoms with Crippen molar-refractivity contribution in [1.82, 2.24) is 19.9 Å². The van der Waals surface area contributed by atoms with Crippen LogP contribution in [0.25, 0.3) is 22.0 Å². The van der Waals surface area contributed by atoms with Crippen LogP contribution in [0.1, 0.15) is 0 Å². The van der Waals surface area contributed by atoms with Gasteiger partial charge in [0.25, 0.3) is 0 Å². The van der Waals surface area contributed by atoms with Crippen LogP contribution in [0.5, 0.6) is 0 Å². The number of pyridine rings is 3. The first-order valence-electron chi connectivity index (χ1n) is 11.4. The van der Waals surface area contributed by atoms with Crippen LogP contribution in [0.4, 0.5) is 22.9 Å². The van der Waals surface area contributed by atoms with Crippen molar-refractivity contribution in [2.45, 2.75) is 0 Å². The monoisotopic (exact) mass is 437 g/mol. The third-order valence-electron chi connectivity index (χ3n) is 6.72. The molecule has 0 saturated carbocycles. The van der Waals surface area contributed by atoms with Crippen LogP contribution in [0.3, 0.4) is 0 Å². The summed E-state index contributed by atoms with van der Waals surface area (Å²) in [5, 5.41) is 1.14. The third kappa shape index (κ3) is 3.54. The Hall–Kier alpha value is -3.71. The zero-order valence-corrected chi connectivity index (χ0v) is 19.0. The fourth-order valence-electron chi connectivity index (χ4n) is 4.77. The molecule has 0 bridgehead atoms. The van der Waals surface area contributed by atoms with E-state index in [-0.39, 0.29) is 0 Å². The van der Waals surface area contributed by atoms with Crippen LogP contribution in [-0.2, 0) is 0 Å². The number of aromatic nitrogens is 3. The summed E-state index contributed by atoms with van der Waals surface area (Å²) in [5.41, 5.74) is 6.65. The SMILES string of the molecule is CN1CCN(c2ccc(N3CN(C)c4cnc5ccc(-c6cccnc6)cc5c43)cn2)CC1. The summed E-state index contributed by atoms with van der Waals surface area (Å²) in [4.78, 5) is 23.2. The van der Waals surface area contributed by atoms with Gasteiger partial charge < -0.3 is 19.6 Å². The standard InChI is InChI=1S/C26H27N7/c1-30-10-12-32(13-11-30)25-8-6-21(16-29-25)33-18-31(2)24-17-28-23-7-5-19(14-22(23)26(24)33)20-4-3-9-27-15-20/h3-9,14-17H,10-13,18H2,1-2H3. The molecule has 33 heavy (non-hydrogen) atoms. The quantitative estimate of drug-likeness (QED) is 0.480. The van der Waals surface area contributed by atoms with Gasteiger partial charge in [-0.15, -0.1) is 0 Å². The molecule has 1 fully saturated rings. The van der Waals surface area contributed by atoms with Gasteiger partial charge in [-0.05, 0) is 42.9 Å². The fraction of sp³-hybridized carbons (Fsp3) is 0.269. The van der Waals surface area contributed by atoms with Gasteiger partial charge in [0.2, 0.25) is 0 Å². The van der Waals surface area contributed by atoms with Crippen LogP contribution >= 0.6 is 0 Å². The second kappa shape index (κ2) is 8.01. The molecule has 0 spiro atoms. The molecule has 5 heterocycles. The number of rotatable bonds is 3. The zero-order valence-electron chi connectivity index (χ0n) is 19.0. The van der Waals surface area contributed by atoms with Gasteiger partial charge in [-0.3, -0.25) is 9.97 Å². The molecule has 0 N–H and O–H groups in total. The summed E-state index contributed by atoms with van der Waals surface area (Å²) in [6, 6.07) is 14.9. The lowest BCUT2D eigenvalue weighted by Gasteiger charge is -2.33. The lowest BCUT2D eigenvalue weighted by molar-refractivity contribution is 0.312. The van der Waals surface area contributed by atoms with Crippen molar-refractivity contribution in [3.63, 3.8) is 0 Å². The molecule has 1 saturated heterocycles. The number of nitrogens with zero attached hydrogens (tertiary/aromatic N) is 7. The normalized spacial score (nSPS) is 16.5. The predicted molar refractivity (Wildman–Crippen MR) is 134 cm³/mol. The molecule has 0 aliphatic carbocycles. The van der Waals surface area contributed by atoms with Gasteiger partial charge in [-0.1, -0.05) is 12.1 Å². The molecule has 2 aliphatic heterocycles. The minimum atomic E-state index is 0.767. The first kappa shape index (κ1) is 19.9. The summed E-state index contributed by atoms with van der Waals surface area (Å²) in [5.74, 6) is 1.05. The van der Waals surface area contributed by atoms with Gasteiger partial charge >= 0.3 is 0 Å². The summed E-state index contributed by atoms with van der Waals surface area (Å²) < 4.78 is 0. The maximum Gasteiger partial charge on any atom is 0.128 e. The van der Waals surface area contributed by atoms with Gasteiger partial charge in [0, 0.05) is 56.6 Å². The van der Waals surface area contributed by atoms with E-state index in [4.69, 9.17) is 9.97 Å². The Balaban J connectivity index is 1.39. The molecule has 1 aromatic carbocycles. The molecule has 4 aromatic rings. The number of benzene rings is 1. The van der Waals surface area contributed by atoms with Crippen LogP contribution in [0.2, 0.25) is 0 Å². The van der Waals surface area contributed by atoms with E-state index in [0.717, 1.165) is 72.1 Å². The van der Waals surface area contributed by atoms with Gasteiger partial charge in [0.05, 0.1) is 41.6 Å². The highest BCUT2D eigenvalue weighted by molar-refractivity contribution is 6.04. The minimum Gasteiger partial charge on any atom is -0.354 e. The van der Waals surface area contributed by atoms with Crippen molar-refractivity contribution in [2.24, 2.45) is 0 Å². The Kier molecular flexibility index (Phi) is 4.84. The lowest BCUT2D eigenvalue weighted by atomic mass is 10.0. The lowest BCUT2D eigenvalue weighted by Crippen LogP contribution is -2.44. The highest BCUT2D eigenvalue weighted by atomic mass is 15.4. The minimum absolute atomic E-state index is 0.767. The van der Waals surface area contributed by atoms with E-state index >= 15 is 0 Å². The smallest absolute Gasteiger partial charge is 0.128 e. The summed E-state index contributed by atoms with van der Waals surface area (Å²) in [6.45, 7) is 4.96. The van der Waals surface area contributed by atoms with Gasteiger partial charge in [0.15, 0.2) is 0 Å². The molecule has 0 unspecified atom stereocenters. The molecule has 0 atom stereocenters. The van der Waals surface area contributed by atoms with Gasteiger partial charge in [0.1, 0.15) is 5.82 Å². The van der Waals surface area contributed by atoms with Crippen molar-refractivity contribution in [3.8, 4) is 11.1 Å². The van der Waals surface area contributed by atoms with Gasteiger partial charge in [-0.2, -0.15) is 0 Å². The number of hydrogen-bond acceptors (Lipinski definition) is 7. The molecule has 7 heteroatoms. The second-order valence-corrected chi connectivity index (χ2v) is 8.90. The van der Waals surface area contributed by atoms with Gasteiger partial charge in [-0.25, -0.2) is 4.98 Å². The number of fused-ring (bicyclic) bond motifs is 3. The molecular weight excluding hydrogens is 410 g/mol. The van der Waals surface area contributed by atoms with E-state index in [9.17, 15) is 0 Å². The highest BCUT2D eigenvalue weighted by Gasteiger charge is 2.28. The van der Waals surface area contributed by atoms with Crippen molar-refractivity contribution < 1.29 is 0 Å². The van der Waals surface area contributed by atoms with Crippen LogP contribution in [0, 0.1) is 0 Å². The fourth-order valence-corrected chi connectivity index (χ4v) is 4.77. The van der Waals surface area contributed by atoms with E-state index in [1.807, 2.05) is 24.7 Å². The summed E-state index contributed by atoms with van der Waals surface area (Å²) in [6.07, 6.45) is 7.70. The van der Waals surface area contributed by atoms with E-state index < -0.39 is 0 Å². The number of likely N-dealkylation sites (N-methyl/N-ethyl adjacent to an activating group) is 1. The van der Waals surface area contributed by atoms with Crippen LogP contribution in [-0.4, -0.2) is 66.8 Å². The molecule has 6 rings (SSSR count). The number of piperazine rings is 1. The number of anilines is 4. The van der Waals surface area contributed by atoms with Crippen LogP contribution < -0.4 is 14.7 Å². The first-order chi connectivity index (χ1) is 16.2. The average molecular weight is 438 g/mol. The molecular formula is C26H27N7. The Bertz CT molecular complexity index is 1280. The van der Waals surface area contributed by atoms with E-state index in [0.29, 0.717) is 0 Å². The second-order valence-electron chi connectivity index (χ2n) is 8.90. The molecule has 0 radical (unpaired) electrons. The predicted octanol–water partition coefficient (Wildman–Crippen LogP) is 3.99. The molecule has 2 aliphatic rings. The Morgan fingerprint density at radius 2 is 1.70 bits per heavy atom. The Labute approximate surface area is 193 Å². The Morgan fingerprint density at radius 1 is 0.818 bits per heavy atom. The summed E-state index contributed by atoms with van der Waals surface area (Å²) in [7, 11) is 4.29. The highest BCUT2D eigenvalue weighted by Crippen LogP contribution is 2.44. The Morgan fingerprint density at radius 3 is 2.45 bits per heavy atom. The molecule has 3 aromatic heterocycles. The van der Waals surface area contributed by atoms with Crippen LogP contribution in [0.15, 0.2) is 67.3 Å².